The summed E-state index contributed by atoms with van der Waals surface area (Å²) in [6.45, 7) is 12.8. The minimum Gasteiger partial charge on any atom is -0.412 e. The van der Waals surface area contributed by atoms with Gasteiger partial charge in [-0.1, -0.05) is 39.8 Å². The van der Waals surface area contributed by atoms with Crippen molar-refractivity contribution in [2.75, 3.05) is 19.6 Å². The van der Waals surface area contributed by atoms with Crippen molar-refractivity contribution in [2.24, 2.45) is 5.92 Å². The summed E-state index contributed by atoms with van der Waals surface area (Å²) < 4.78 is 0. The summed E-state index contributed by atoms with van der Waals surface area (Å²) in [5, 5.41) is 0. The summed E-state index contributed by atoms with van der Waals surface area (Å²) in [6, 6.07) is 0. The molecule has 0 aliphatic rings. The lowest BCUT2D eigenvalue weighted by atomic mass is 10.0. The Morgan fingerprint density at radius 1 is 1.00 bits per heavy atom. The molecule has 0 aliphatic carbocycles. The summed E-state index contributed by atoms with van der Waals surface area (Å²) in [4.78, 5) is 2.61. The second-order valence-electron chi connectivity index (χ2n) is 4.31. The molecule has 0 fully saturated rings. The van der Waals surface area contributed by atoms with Crippen LogP contribution in [-0.4, -0.2) is 30.0 Å². The lowest BCUT2D eigenvalue weighted by Gasteiger charge is -2.24. The highest BCUT2D eigenvalue weighted by Gasteiger charge is 2.08. The fraction of sp³-hybridized carbons (Fsp3) is 0.857. The largest absolute Gasteiger partial charge is 0.412 e. The van der Waals surface area contributed by atoms with Gasteiger partial charge < -0.3 is 10.4 Å². The van der Waals surface area contributed by atoms with Crippen molar-refractivity contribution in [2.45, 2.75) is 53.4 Å². The Morgan fingerprint density at radius 3 is 1.94 bits per heavy atom. The quantitative estimate of drug-likeness (QED) is 0.559. The van der Waals surface area contributed by atoms with Crippen molar-refractivity contribution >= 4 is 0 Å². The molecule has 1 atom stereocenters. The first-order chi connectivity index (χ1) is 7.28. The highest BCUT2D eigenvalue weighted by Crippen LogP contribution is 2.09. The Labute approximate surface area is 102 Å². The van der Waals surface area contributed by atoms with Crippen molar-refractivity contribution in [1.82, 2.24) is 4.90 Å². The number of hydrogen-bond donors (Lipinski definition) is 0. The molecule has 0 aromatic rings. The molecule has 0 spiro atoms. The van der Waals surface area contributed by atoms with E-state index in [1.54, 1.807) is 0 Å². The molecule has 98 valence electrons. The third kappa shape index (κ3) is 8.93. The van der Waals surface area contributed by atoms with Crippen LogP contribution in [0.1, 0.15) is 53.4 Å². The maximum Gasteiger partial charge on any atom is 0.00442 e. The molecular formula is C14H31NO. The third-order valence-corrected chi connectivity index (χ3v) is 2.74. The van der Waals surface area contributed by atoms with Crippen LogP contribution in [0.4, 0.5) is 0 Å². The van der Waals surface area contributed by atoms with Crippen LogP contribution in [0.5, 0.6) is 0 Å². The van der Waals surface area contributed by atoms with Crippen LogP contribution in [-0.2, 0) is 0 Å². The maximum absolute atomic E-state index is 2.61. The molecule has 0 amide bonds. The van der Waals surface area contributed by atoms with Crippen molar-refractivity contribution in [3.63, 3.8) is 0 Å². The molecule has 2 heteroatoms. The molecule has 0 saturated carbocycles. The van der Waals surface area contributed by atoms with Gasteiger partial charge in [-0.15, -0.1) is 0 Å². The minimum absolute atomic E-state index is 0. The van der Waals surface area contributed by atoms with Crippen LogP contribution in [0.2, 0.25) is 0 Å². The first kappa shape index (κ1) is 18.0. The van der Waals surface area contributed by atoms with Gasteiger partial charge >= 0.3 is 0 Å². The lowest BCUT2D eigenvalue weighted by Crippen LogP contribution is -2.30. The minimum atomic E-state index is 0. The maximum atomic E-state index is 2.61. The van der Waals surface area contributed by atoms with E-state index >= 15 is 0 Å². The zero-order valence-electron chi connectivity index (χ0n) is 11.6. The Kier molecular flexibility index (Phi) is 14.3. The number of nitrogens with zero attached hydrogens (tertiary/aromatic N) is 1. The van der Waals surface area contributed by atoms with Gasteiger partial charge in [-0.2, -0.15) is 0 Å². The zero-order valence-corrected chi connectivity index (χ0v) is 11.6. The highest BCUT2D eigenvalue weighted by molar-refractivity contribution is 4.88. The summed E-state index contributed by atoms with van der Waals surface area (Å²) in [7, 11) is 0. The highest BCUT2D eigenvalue weighted by atomic mass is 16.0. The molecular weight excluding hydrogens is 198 g/mol. The van der Waals surface area contributed by atoms with Gasteiger partial charge in [0, 0.05) is 6.54 Å². The average molecular weight is 229 g/mol. The molecule has 0 aliphatic heterocycles. The van der Waals surface area contributed by atoms with E-state index < -0.39 is 0 Å². The predicted octanol–water partition coefficient (Wildman–Crippen LogP) is 3.28. The van der Waals surface area contributed by atoms with Crippen molar-refractivity contribution in [3.05, 3.63) is 12.2 Å². The van der Waals surface area contributed by atoms with Gasteiger partial charge in [0.05, 0.1) is 0 Å². The van der Waals surface area contributed by atoms with E-state index in [-0.39, 0.29) is 5.48 Å². The Bertz CT molecular complexity index is 151. The van der Waals surface area contributed by atoms with Crippen LogP contribution < -0.4 is 0 Å². The molecule has 2 nitrogen and oxygen atoms in total. The predicted molar refractivity (Wildman–Crippen MR) is 73.8 cm³/mol. The Hall–Kier alpha value is -0.340. The van der Waals surface area contributed by atoms with E-state index in [1.807, 2.05) is 0 Å². The zero-order chi connectivity index (χ0) is 11.5. The molecule has 0 heterocycles. The fourth-order valence-corrected chi connectivity index (χ4v) is 1.91. The summed E-state index contributed by atoms with van der Waals surface area (Å²) in [5.74, 6) is 0.753. The molecule has 0 aromatic carbocycles. The molecule has 0 aromatic heterocycles. The van der Waals surface area contributed by atoms with Gasteiger partial charge in [0.1, 0.15) is 0 Å². The first-order valence-corrected chi connectivity index (χ1v) is 6.67. The second-order valence-corrected chi connectivity index (χ2v) is 4.31. The van der Waals surface area contributed by atoms with Gasteiger partial charge in [0.15, 0.2) is 0 Å². The van der Waals surface area contributed by atoms with Crippen LogP contribution in [0.15, 0.2) is 12.2 Å². The summed E-state index contributed by atoms with van der Waals surface area (Å²) >= 11 is 0. The third-order valence-electron chi connectivity index (χ3n) is 2.74. The first-order valence-electron chi connectivity index (χ1n) is 6.67. The topological polar surface area (TPSA) is 34.7 Å². The second kappa shape index (κ2) is 12.7. The number of hydrogen-bond acceptors (Lipinski definition) is 1. The molecule has 0 saturated heterocycles. The van der Waals surface area contributed by atoms with Gasteiger partial charge in [0.25, 0.3) is 0 Å². The van der Waals surface area contributed by atoms with E-state index in [0.717, 1.165) is 12.3 Å². The van der Waals surface area contributed by atoms with Crippen LogP contribution in [0, 0.1) is 5.92 Å². The van der Waals surface area contributed by atoms with Crippen molar-refractivity contribution in [1.29, 1.82) is 0 Å². The van der Waals surface area contributed by atoms with E-state index in [9.17, 15) is 0 Å². The molecule has 16 heavy (non-hydrogen) atoms. The van der Waals surface area contributed by atoms with E-state index in [2.05, 4.69) is 44.7 Å². The van der Waals surface area contributed by atoms with Crippen molar-refractivity contribution in [3.8, 4) is 0 Å². The molecule has 2 N–H and O–H groups in total. The van der Waals surface area contributed by atoms with E-state index in [4.69, 9.17) is 0 Å². The van der Waals surface area contributed by atoms with Crippen molar-refractivity contribution < 1.29 is 5.48 Å². The number of allylic oxidation sites excluding steroid dienone is 1. The lowest BCUT2D eigenvalue weighted by molar-refractivity contribution is 0.246. The SMILES string of the molecule is CCC=CC(CC)CN(CCC)CCC.O. The normalized spacial score (nSPS) is 13.1. The van der Waals surface area contributed by atoms with Gasteiger partial charge in [-0.05, 0) is 44.7 Å². The summed E-state index contributed by atoms with van der Waals surface area (Å²) in [6.07, 6.45) is 9.68. The Morgan fingerprint density at radius 2 is 1.56 bits per heavy atom. The fourth-order valence-electron chi connectivity index (χ4n) is 1.91. The van der Waals surface area contributed by atoms with Gasteiger partial charge in [-0.3, -0.25) is 0 Å². The van der Waals surface area contributed by atoms with E-state index in [1.165, 1.54) is 38.9 Å². The monoisotopic (exact) mass is 229 g/mol. The molecule has 0 rings (SSSR count). The standard InChI is InChI=1S/C14H29N.H2O/c1-5-9-10-14(8-4)13-15(11-6-2)12-7-3;/h9-10,14H,5-8,11-13H2,1-4H3;1H2. The van der Waals surface area contributed by atoms with Crippen LogP contribution in [0.3, 0.4) is 0 Å². The molecule has 1 unspecified atom stereocenters. The summed E-state index contributed by atoms with van der Waals surface area (Å²) in [5.41, 5.74) is 0. The smallest absolute Gasteiger partial charge is 0.00442 e. The van der Waals surface area contributed by atoms with E-state index in [0.29, 0.717) is 0 Å². The number of rotatable bonds is 9. The van der Waals surface area contributed by atoms with Crippen LogP contribution in [0.25, 0.3) is 0 Å². The van der Waals surface area contributed by atoms with Gasteiger partial charge in [-0.25, -0.2) is 0 Å². The average Bonchev–Trinajstić information content (AvgIpc) is 2.24. The molecule has 0 radical (unpaired) electrons. The Balaban J connectivity index is 0. The van der Waals surface area contributed by atoms with Gasteiger partial charge in [0.2, 0.25) is 0 Å². The molecule has 0 bridgehead atoms. The van der Waals surface area contributed by atoms with Crippen LogP contribution >= 0.6 is 0 Å².